The molecule has 0 spiro atoms. The number of hydrogen-bond donors (Lipinski definition) is 0. The molecule has 1 aromatic rings. The Morgan fingerprint density at radius 2 is 1.85 bits per heavy atom. The first-order valence-electron chi connectivity index (χ1n) is 8.88. The third kappa shape index (κ3) is 2.23. The summed E-state index contributed by atoms with van der Waals surface area (Å²) in [6.45, 7) is 7.10. The summed E-state index contributed by atoms with van der Waals surface area (Å²) in [6, 6.07) is 7.03. The van der Waals surface area contributed by atoms with Gasteiger partial charge < -0.3 is 14.7 Å². The summed E-state index contributed by atoms with van der Waals surface area (Å²) in [6.07, 6.45) is 1.48. The van der Waals surface area contributed by atoms with E-state index in [4.69, 9.17) is 0 Å². The summed E-state index contributed by atoms with van der Waals surface area (Å²) in [5, 5.41) is 0. The van der Waals surface area contributed by atoms with Crippen LogP contribution in [-0.4, -0.2) is 63.3 Å². The van der Waals surface area contributed by atoms with Crippen LogP contribution in [0.25, 0.3) is 0 Å². The molecule has 7 nitrogen and oxygen atoms in total. The molecule has 1 aromatic carbocycles. The van der Waals surface area contributed by atoms with Gasteiger partial charge in [0.2, 0.25) is 5.96 Å². The SMILES string of the molecule is CCN1C(C)=CN2C1=NC1C2C(=O)N(Cc2ccccc2C)C(=O)N1C. The maximum atomic E-state index is 13.2. The van der Waals surface area contributed by atoms with Crippen LogP contribution >= 0.6 is 0 Å². The van der Waals surface area contributed by atoms with Crippen molar-refractivity contribution < 1.29 is 9.59 Å². The summed E-state index contributed by atoms with van der Waals surface area (Å²) in [7, 11) is 1.72. The molecule has 0 aromatic heterocycles. The highest BCUT2D eigenvalue weighted by atomic mass is 16.2. The van der Waals surface area contributed by atoms with E-state index >= 15 is 0 Å². The Kier molecular flexibility index (Phi) is 3.75. The molecule has 3 heterocycles. The van der Waals surface area contributed by atoms with Crippen LogP contribution in [0.2, 0.25) is 0 Å². The van der Waals surface area contributed by atoms with Crippen molar-refractivity contribution in [2.45, 2.75) is 39.5 Å². The molecule has 26 heavy (non-hydrogen) atoms. The number of rotatable bonds is 3. The maximum Gasteiger partial charge on any atom is 0.328 e. The highest BCUT2D eigenvalue weighted by Crippen LogP contribution is 2.34. The first kappa shape index (κ1) is 16.6. The van der Waals surface area contributed by atoms with E-state index < -0.39 is 12.2 Å². The van der Waals surface area contributed by atoms with E-state index in [0.717, 1.165) is 29.3 Å². The predicted molar refractivity (Wildman–Crippen MR) is 97.9 cm³/mol. The third-order valence-electron chi connectivity index (χ3n) is 5.41. The number of allylic oxidation sites excluding steroid dienone is 1. The van der Waals surface area contributed by atoms with Gasteiger partial charge in [-0.15, -0.1) is 0 Å². The van der Waals surface area contributed by atoms with Crippen LogP contribution < -0.4 is 0 Å². The minimum Gasteiger partial charge on any atom is -0.315 e. The quantitative estimate of drug-likeness (QED) is 0.833. The van der Waals surface area contributed by atoms with E-state index in [9.17, 15) is 9.59 Å². The summed E-state index contributed by atoms with van der Waals surface area (Å²) in [5.74, 6) is 0.563. The lowest BCUT2D eigenvalue weighted by Crippen LogP contribution is -2.63. The van der Waals surface area contributed by atoms with Crippen LogP contribution in [0.1, 0.15) is 25.0 Å². The van der Waals surface area contributed by atoms with Crippen molar-refractivity contribution in [3.8, 4) is 0 Å². The molecule has 0 saturated carbocycles. The molecule has 3 aliphatic heterocycles. The maximum absolute atomic E-state index is 13.2. The van der Waals surface area contributed by atoms with E-state index in [0.29, 0.717) is 0 Å². The molecule has 0 radical (unpaired) electrons. The van der Waals surface area contributed by atoms with Gasteiger partial charge in [0.05, 0.1) is 6.54 Å². The number of amides is 3. The number of urea groups is 1. The monoisotopic (exact) mass is 353 g/mol. The second-order valence-electron chi connectivity index (χ2n) is 6.95. The fourth-order valence-corrected chi connectivity index (χ4v) is 3.90. The van der Waals surface area contributed by atoms with Gasteiger partial charge >= 0.3 is 6.03 Å². The third-order valence-corrected chi connectivity index (χ3v) is 5.41. The lowest BCUT2D eigenvalue weighted by Gasteiger charge is -2.40. The largest absolute Gasteiger partial charge is 0.328 e. The number of aliphatic imine (C=N–C) groups is 1. The van der Waals surface area contributed by atoms with Crippen molar-refractivity contribution in [2.75, 3.05) is 13.6 Å². The predicted octanol–water partition coefficient (Wildman–Crippen LogP) is 1.95. The van der Waals surface area contributed by atoms with Gasteiger partial charge in [-0.2, -0.15) is 0 Å². The molecule has 0 bridgehead atoms. The van der Waals surface area contributed by atoms with Crippen molar-refractivity contribution in [3.05, 3.63) is 47.3 Å². The first-order chi connectivity index (χ1) is 12.4. The summed E-state index contributed by atoms with van der Waals surface area (Å²) >= 11 is 0. The highest BCUT2D eigenvalue weighted by molar-refractivity contribution is 6.04. The van der Waals surface area contributed by atoms with Crippen LogP contribution in [0.4, 0.5) is 4.79 Å². The second-order valence-corrected chi connectivity index (χ2v) is 6.95. The van der Waals surface area contributed by atoms with Gasteiger partial charge in [0.25, 0.3) is 5.91 Å². The zero-order valence-electron chi connectivity index (χ0n) is 15.5. The summed E-state index contributed by atoms with van der Waals surface area (Å²) < 4.78 is 0. The number of guanidine groups is 1. The van der Waals surface area contributed by atoms with E-state index in [1.165, 1.54) is 4.90 Å². The smallest absolute Gasteiger partial charge is 0.315 e. The van der Waals surface area contributed by atoms with E-state index in [1.807, 2.05) is 56.1 Å². The molecule has 2 atom stereocenters. The number of carbonyl (C=O) groups excluding carboxylic acids is 2. The first-order valence-corrected chi connectivity index (χ1v) is 8.88. The average Bonchev–Trinajstić information content (AvgIpc) is 3.12. The van der Waals surface area contributed by atoms with E-state index in [1.54, 1.807) is 11.9 Å². The molecule has 1 saturated heterocycles. The molecule has 3 aliphatic rings. The Morgan fingerprint density at radius 1 is 1.12 bits per heavy atom. The summed E-state index contributed by atoms with van der Waals surface area (Å²) in [5.41, 5.74) is 3.10. The van der Waals surface area contributed by atoms with Gasteiger partial charge in [-0.25, -0.2) is 9.79 Å². The Morgan fingerprint density at radius 3 is 2.54 bits per heavy atom. The Labute approximate surface area is 153 Å². The fourth-order valence-electron chi connectivity index (χ4n) is 3.90. The van der Waals surface area contributed by atoms with Crippen molar-refractivity contribution in [2.24, 2.45) is 4.99 Å². The van der Waals surface area contributed by atoms with Crippen molar-refractivity contribution in [1.29, 1.82) is 0 Å². The molecule has 3 amide bonds. The molecule has 2 unspecified atom stereocenters. The van der Waals surface area contributed by atoms with Gasteiger partial charge in [0.1, 0.15) is 0 Å². The van der Waals surface area contributed by atoms with Crippen LogP contribution in [0.15, 0.2) is 41.2 Å². The van der Waals surface area contributed by atoms with Crippen molar-refractivity contribution >= 4 is 17.9 Å². The van der Waals surface area contributed by atoms with Crippen molar-refractivity contribution in [1.82, 2.24) is 19.6 Å². The molecule has 0 N–H and O–H groups in total. The number of likely N-dealkylation sites (N-methyl/N-ethyl adjacent to an activating group) is 1. The molecule has 1 fully saturated rings. The molecule has 4 rings (SSSR count). The Hall–Kier alpha value is -2.83. The van der Waals surface area contributed by atoms with Gasteiger partial charge in [-0.1, -0.05) is 24.3 Å². The lowest BCUT2D eigenvalue weighted by atomic mass is 10.1. The number of nitrogens with zero attached hydrogens (tertiary/aromatic N) is 5. The van der Waals surface area contributed by atoms with Crippen molar-refractivity contribution in [3.63, 3.8) is 0 Å². The zero-order chi connectivity index (χ0) is 18.6. The topological polar surface area (TPSA) is 59.5 Å². The Bertz CT molecular complexity index is 846. The number of aryl methyl sites for hydroxylation is 1. The number of benzene rings is 1. The number of carbonyl (C=O) groups is 2. The van der Waals surface area contributed by atoms with Gasteiger partial charge in [-0.3, -0.25) is 9.69 Å². The zero-order valence-corrected chi connectivity index (χ0v) is 15.5. The summed E-state index contributed by atoms with van der Waals surface area (Å²) in [4.78, 5) is 37.7. The van der Waals surface area contributed by atoms with E-state index in [-0.39, 0.29) is 18.5 Å². The standard InChI is InChI=1S/C19H23N5O2/c1-5-22-13(3)10-23-15-16(20-18(22)23)21(4)19(26)24(17(15)25)11-14-9-7-6-8-12(14)2/h6-10,15-16H,5,11H2,1-4H3. The Balaban J connectivity index is 1.67. The van der Waals surface area contributed by atoms with Gasteiger partial charge in [0.15, 0.2) is 12.2 Å². The minimum absolute atomic E-state index is 0.192. The molecule has 0 aliphatic carbocycles. The molecular weight excluding hydrogens is 330 g/mol. The number of fused-ring (bicyclic) bond motifs is 3. The van der Waals surface area contributed by atoms with Crippen LogP contribution in [0.5, 0.6) is 0 Å². The highest BCUT2D eigenvalue weighted by Gasteiger charge is 2.54. The fraction of sp³-hybridized carbons (Fsp3) is 0.421. The average molecular weight is 353 g/mol. The van der Waals surface area contributed by atoms with E-state index in [2.05, 4.69) is 9.89 Å². The normalized spacial score (nSPS) is 24.8. The molecule has 136 valence electrons. The van der Waals surface area contributed by atoms with Crippen LogP contribution in [-0.2, 0) is 11.3 Å². The molecule has 7 heteroatoms. The van der Waals surface area contributed by atoms with Gasteiger partial charge in [-0.05, 0) is 31.9 Å². The second kappa shape index (κ2) is 5.86. The number of hydrogen-bond acceptors (Lipinski definition) is 5. The minimum atomic E-state index is -0.497. The lowest BCUT2D eigenvalue weighted by molar-refractivity contribution is -0.137. The van der Waals surface area contributed by atoms with Gasteiger partial charge in [0, 0.05) is 25.5 Å². The van der Waals surface area contributed by atoms with Crippen LogP contribution in [0, 0.1) is 6.92 Å². The number of imide groups is 1. The molecular formula is C19H23N5O2. The van der Waals surface area contributed by atoms with Crippen LogP contribution in [0.3, 0.4) is 0 Å².